The summed E-state index contributed by atoms with van der Waals surface area (Å²) < 4.78 is 18.1. The van der Waals surface area contributed by atoms with Gasteiger partial charge in [0.05, 0.1) is 18.7 Å². The summed E-state index contributed by atoms with van der Waals surface area (Å²) in [6, 6.07) is 6.69. The van der Waals surface area contributed by atoms with Crippen LogP contribution in [0.2, 0.25) is 0 Å². The van der Waals surface area contributed by atoms with Gasteiger partial charge < -0.3 is 10.1 Å². The second kappa shape index (κ2) is 8.69. The van der Waals surface area contributed by atoms with Gasteiger partial charge in [0, 0.05) is 6.42 Å². The molecule has 6 heteroatoms. The highest BCUT2D eigenvalue weighted by Gasteiger charge is 2.22. The molecule has 1 atom stereocenters. The lowest BCUT2D eigenvalue weighted by atomic mass is 10.1. The Hall–Kier alpha value is -2.42. The second-order valence-corrected chi connectivity index (χ2v) is 4.43. The number of esters is 1. The van der Waals surface area contributed by atoms with Gasteiger partial charge >= 0.3 is 5.97 Å². The zero-order valence-electron chi connectivity index (χ0n) is 11.8. The number of amides is 1. The van der Waals surface area contributed by atoms with Gasteiger partial charge in [0.1, 0.15) is 11.9 Å². The van der Waals surface area contributed by atoms with E-state index in [1.54, 1.807) is 0 Å². The number of methoxy groups -OCH3 is 1. The standard InChI is InChI=1S/C15H17FN2O3/c1-21-15(20)13(9-3-2-6-10-17)18-14(19)11-7-4-5-8-12(11)16/h4-5,7-8,13H,2-3,6,9H2,1H3,(H,18,19)/t13-/m1/s1. The van der Waals surface area contributed by atoms with Crippen molar-refractivity contribution in [3.05, 3.63) is 35.6 Å². The largest absolute Gasteiger partial charge is 0.467 e. The third-order valence-corrected chi connectivity index (χ3v) is 2.94. The normalized spacial score (nSPS) is 11.3. The molecule has 0 saturated heterocycles. The summed E-state index contributed by atoms with van der Waals surface area (Å²) >= 11 is 0. The predicted molar refractivity (Wildman–Crippen MR) is 73.8 cm³/mol. The summed E-state index contributed by atoms with van der Waals surface area (Å²) in [5, 5.41) is 10.9. The predicted octanol–water partition coefficient (Wildman–Crippen LogP) is 2.18. The molecule has 1 N–H and O–H groups in total. The lowest BCUT2D eigenvalue weighted by Crippen LogP contribution is -2.41. The number of hydrogen-bond donors (Lipinski definition) is 1. The van der Waals surface area contributed by atoms with E-state index in [2.05, 4.69) is 10.1 Å². The molecule has 5 nitrogen and oxygen atoms in total. The Morgan fingerprint density at radius 3 is 2.71 bits per heavy atom. The molecule has 0 aromatic heterocycles. The smallest absolute Gasteiger partial charge is 0.328 e. The topological polar surface area (TPSA) is 79.2 Å². The molecular formula is C15H17FN2O3. The molecule has 0 unspecified atom stereocenters. The Balaban J connectivity index is 2.68. The summed E-state index contributed by atoms with van der Waals surface area (Å²) in [7, 11) is 1.22. The van der Waals surface area contributed by atoms with Crippen LogP contribution < -0.4 is 5.32 Å². The molecule has 0 aliphatic carbocycles. The van der Waals surface area contributed by atoms with Gasteiger partial charge in [0.15, 0.2) is 0 Å². The fraction of sp³-hybridized carbons (Fsp3) is 0.400. The van der Waals surface area contributed by atoms with Crippen molar-refractivity contribution in [2.45, 2.75) is 31.7 Å². The summed E-state index contributed by atoms with van der Waals surface area (Å²) in [4.78, 5) is 23.6. The first-order valence-corrected chi connectivity index (χ1v) is 6.60. The van der Waals surface area contributed by atoms with E-state index in [-0.39, 0.29) is 5.56 Å². The molecule has 1 amide bonds. The molecule has 112 valence electrons. The number of unbranched alkanes of at least 4 members (excludes halogenated alkanes) is 2. The van der Waals surface area contributed by atoms with Gasteiger partial charge in [-0.25, -0.2) is 9.18 Å². The highest BCUT2D eigenvalue weighted by atomic mass is 19.1. The summed E-state index contributed by atoms with van der Waals surface area (Å²) in [6.45, 7) is 0. The average Bonchev–Trinajstić information content (AvgIpc) is 2.49. The van der Waals surface area contributed by atoms with Crippen LogP contribution in [0, 0.1) is 17.1 Å². The summed E-state index contributed by atoms with van der Waals surface area (Å²) in [5.41, 5.74) is -0.122. The van der Waals surface area contributed by atoms with Crippen molar-refractivity contribution in [2.24, 2.45) is 0 Å². The van der Waals surface area contributed by atoms with Crippen molar-refractivity contribution in [2.75, 3.05) is 7.11 Å². The van der Waals surface area contributed by atoms with E-state index in [1.807, 2.05) is 6.07 Å². The minimum Gasteiger partial charge on any atom is -0.467 e. The Morgan fingerprint density at radius 2 is 2.10 bits per heavy atom. The summed E-state index contributed by atoms with van der Waals surface area (Å²) in [6.07, 6.45) is 1.94. The first kappa shape index (κ1) is 16.6. The lowest BCUT2D eigenvalue weighted by Gasteiger charge is -2.16. The van der Waals surface area contributed by atoms with E-state index in [0.717, 1.165) is 0 Å². The highest BCUT2D eigenvalue weighted by Crippen LogP contribution is 2.09. The van der Waals surface area contributed by atoms with Gasteiger partial charge in [-0.15, -0.1) is 0 Å². The highest BCUT2D eigenvalue weighted by molar-refractivity contribution is 5.96. The number of hydrogen-bond acceptors (Lipinski definition) is 4. The van der Waals surface area contributed by atoms with Gasteiger partial charge in [-0.05, 0) is 31.4 Å². The first-order valence-electron chi connectivity index (χ1n) is 6.60. The Kier molecular flexibility index (Phi) is 6.88. The van der Waals surface area contributed by atoms with Crippen LogP contribution in [0.5, 0.6) is 0 Å². The molecule has 0 aliphatic heterocycles. The Morgan fingerprint density at radius 1 is 1.38 bits per heavy atom. The van der Waals surface area contributed by atoms with Crippen molar-refractivity contribution in [3.63, 3.8) is 0 Å². The second-order valence-electron chi connectivity index (χ2n) is 4.43. The minimum atomic E-state index is -0.846. The zero-order valence-corrected chi connectivity index (χ0v) is 11.8. The van der Waals surface area contributed by atoms with Crippen LogP contribution in [0.3, 0.4) is 0 Å². The molecule has 1 rings (SSSR count). The number of carbonyl (C=O) groups excluding carboxylic acids is 2. The molecule has 0 fully saturated rings. The van der Waals surface area contributed by atoms with E-state index in [0.29, 0.717) is 25.7 Å². The molecule has 21 heavy (non-hydrogen) atoms. The molecule has 0 spiro atoms. The van der Waals surface area contributed by atoms with Gasteiger partial charge in [0.2, 0.25) is 0 Å². The maximum atomic E-state index is 13.5. The number of carbonyl (C=O) groups is 2. The van der Waals surface area contributed by atoms with Gasteiger partial charge in [-0.1, -0.05) is 12.1 Å². The molecule has 0 heterocycles. The van der Waals surface area contributed by atoms with Crippen molar-refractivity contribution in [3.8, 4) is 6.07 Å². The van der Waals surface area contributed by atoms with E-state index in [1.165, 1.54) is 31.4 Å². The summed E-state index contributed by atoms with van der Waals surface area (Å²) in [5.74, 6) is -1.90. The number of halogens is 1. The van der Waals surface area contributed by atoms with E-state index < -0.39 is 23.7 Å². The van der Waals surface area contributed by atoms with Crippen LogP contribution in [-0.4, -0.2) is 25.0 Å². The molecular weight excluding hydrogens is 275 g/mol. The van der Waals surface area contributed by atoms with Crippen molar-refractivity contribution in [1.29, 1.82) is 5.26 Å². The quantitative estimate of drug-likeness (QED) is 0.617. The van der Waals surface area contributed by atoms with Crippen molar-refractivity contribution < 1.29 is 18.7 Å². The van der Waals surface area contributed by atoms with Crippen LogP contribution >= 0.6 is 0 Å². The van der Waals surface area contributed by atoms with E-state index in [9.17, 15) is 14.0 Å². The number of nitrogens with zero attached hydrogens (tertiary/aromatic N) is 1. The van der Waals surface area contributed by atoms with Crippen LogP contribution in [0.1, 0.15) is 36.0 Å². The molecule has 0 aliphatic rings. The van der Waals surface area contributed by atoms with E-state index >= 15 is 0 Å². The fourth-order valence-electron chi connectivity index (χ4n) is 1.83. The number of rotatable bonds is 7. The molecule has 1 aromatic rings. The molecule has 0 saturated carbocycles. The minimum absolute atomic E-state index is 0.122. The third kappa shape index (κ3) is 5.22. The average molecular weight is 292 g/mol. The number of benzene rings is 1. The zero-order chi connectivity index (χ0) is 15.7. The Bertz CT molecular complexity index is 540. The van der Waals surface area contributed by atoms with Crippen LogP contribution in [0.15, 0.2) is 24.3 Å². The van der Waals surface area contributed by atoms with Gasteiger partial charge in [-0.2, -0.15) is 5.26 Å². The molecule has 0 radical (unpaired) electrons. The van der Waals surface area contributed by atoms with Crippen molar-refractivity contribution >= 4 is 11.9 Å². The SMILES string of the molecule is COC(=O)[C@@H](CCCCC#N)NC(=O)c1ccccc1F. The lowest BCUT2D eigenvalue weighted by molar-refractivity contribution is -0.143. The maximum Gasteiger partial charge on any atom is 0.328 e. The van der Waals surface area contributed by atoms with Crippen LogP contribution in [0.4, 0.5) is 4.39 Å². The third-order valence-electron chi connectivity index (χ3n) is 2.94. The first-order chi connectivity index (χ1) is 10.1. The van der Waals surface area contributed by atoms with Crippen LogP contribution in [0.25, 0.3) is 0 Å². The number of nitrogens with one attached hydrogen (secondary N) is 1. The maximum absolute atomic E-state index is 13.5. The van der Waals surface area contributed by atoms with E-state index in [4.69, 9.17) is 5.26 Å². The monoisotopic (exact) mass is 292 g/mol. The number of nitriles is 1. The van der Waals surface area contributed by atoms with Gasteiger partial charge in [0.25, 0.3) is 5.91 Å². The molecule has 1 aromatic carbocycles. The molecule has 0 bridgehead atoms. The van der Waals surface area contributed by atoms with Crippen molar-refractivity contribution in [1.82, 2.24) is 5.32 Å². The van der Waals surface area contributed by atoms with Gasteiger partial charge in [-0.3, -0.25) is 4.79 Å². The Labute approximate surface area is 122 Å². The van der Waals surface area contributed by atoms with Crippen LogP contribution in [-0.2, 0) is 9.53 Å². The fourth-order valence-corrected chi connectivity index (χ4v) is 1.83. The number of ether oxygens (including phenoxy) is 1.